The lowest BCUT2D eigenvalue weighted by molar-refractivity contribution is 0.372. The highest BCUT2D eigenvalue weighted by Gasteiger charge is 2.34. The second kappa shape index (κ2) is 6.32. The topological polar surface area (TPSA) is 71.1 Å². The summed E-state index contributed by atoms with van der Waals surface area (Å²) < 4.78 is 28.0. The number of anilines is 1. The molecule has 1 aliphatic rings. The normalized spacial score (nSPS) is 21.4. The Kier molecular flexibility index (Phi) is 4.88. The van der Waals surface area contributed by atoms with Crippen LogP contribution in [0.1, 0.15) is 46.5 Å². The summed E-state index contributed by atoms with van der Waals surface area (Å²) in [4.78, 5) is 4.20. The molecule has 6 heteroatoms. The van der Waals surface area contributed by atoms with Gasteiger partial charge in [-0.15, -0.1) is 0 Å². The van der Waals surface area contributed by atoms with Crippen molar-refractivity contribution in [3.63, 3.8) is 0 Å². The Morgan fingerprint density at radius 2 is 2.19 bits per heavy atom. The van der Waals surface area contributed by atoms with E-state index >= 15 is 0 Å². The predicted molar refractivity (Wildman–Crippen MR) is 84.8 cm³/mol. The Labute approximate surface area is 127 Å². The molecule has 1 saturated carbocycles. The molecule has 1 aromatic heterocycles. The average molecular weight is 311 g/mol. The number of sulfonamides is 1. The molecule has 1 heterocycles. The van der Waals surface area contributed by atoms with Gasteiger partial charge < -0.3 is 5.32 Å². The van der Waals surface area contributed by atoms with Crippen molar-refractivity contribution in [2.24, 2.45) is 5.41 Å². The largest absolute Gasteiger partial charge is 0.384 e. The molecule has 2 N–H and O–H groups in total. The first kappa shape index (κ1) is 16.2. The van der Waals surface area contributed by atoms with E-state index in [0.717, 1.165) is 32.2 Å². The quantitative estimate of drug-likeness (QED) is 0.847. The number of rotatable bonds is 6. The third kappa shape index (κ3) is 4.17. The highest BCUT2D eigenvalue weighted by Crippen LogP contribution is 2.37. The van der Waals surface area contributed by atoms with Crippen molar-refractivity contribution >= 4 is 15.7 Å². The van der Waals surface area contributed by atoms with Crippen molar-refractivity contribution in [1.82, 2.24) is 9.71 Å². The Hall–Kier alpha value is -1.14. The van der Waals surface area contributed by atoms with Gasteiger partial charge in [-0.3, -0.25) is 4.98 Å². The van der Waals surface area contributed by atoms with Crippen LogP contribution in [0.15, 0.2) is 23.4 Å². The fourth-order valence-electron chi connectivity index (χ4n) is 2.82. The van der Waals surface area contributed by atoms with Crippen LogP contribution in [-0.4, -0.2) is 26.0 Å². The molecule has 118 valence electrons. The summed E-state index contributed by atoms with van der Waals surface area (Å²) in [5, 5.41) is 3.15. The molecule has 21 heavy (non-hydrogen) atoms. The second-order valence-electron chi connectivity index (χ2n) is 6.52. The maximum Gasteiger partial charge on any atom is 0.244 e. The van der Waals surface area contributed by atoms with Crippen molar-refractivity contribution in [2.45, 2.75) is 57.4 Å². The molecule has 1 unspecified atom stereocenters. The van der Waals surface area contributed by atoms with Gasteiger partial charge in [0.15, 0.2) is 0 Å². The predicted octanol–water partition coefficient (Wildman–Crippen LogP) is 2.76. The van der Waals surface area contributed by atoms with E-state index in [1.807, 2.05) is 6.92 Å². The van der Waals surface area contributed by atoms with Crippen LogP contribution in [0.3, 0.4) is 0 Å². The van der Waals surface area contributed by atoms with Gasteiger partial charge in [-0.25, -0.2) is 13.1 Å². The summed E-state index contributed by atoms with van der Waals surface area (Å²) in [6, 6.07) is 1.73. The first-order chi connectivity index (χ1) is 9.84. The lowest BCUT2D eigenvalue weighted by Crippen LogP contribution is -2.34. The number of hydrogen-bond acceptors (Lipinski definition) is 4. The van der Waals surface area contributed by atoms with E-state index in [1.165, 1.54) is 6.20 Å². The summed E-state index contributed by atoms with van der Waals surface area (Å²) in [5.74, 6) is 0. The van der Waals surface area contributed by atoms with E-state index in [1.54, 1.807) is 12.3 Å². The van der Waals surface area contributed by atoms with Crippen LogP contribution in [0.2, 0.25) is 0 Å². The van der Waals surface area contributed by atoms with Gasteiger partial charge in [0.1, 0.15) is 4.90 Å². The van der Waals surface area contributed by atoms with Crippen LogP contribution >= 0.6 is 0 Å². The van der Waals surface area contributed by atoms with Gasteiger partial charge in [0.2, 0.25) is 10.0 Å². The molecule has 1 fully saturated rings. The fourth-order valence-corrected chi connectivity index (χ4v) is 4.22. The summed E-state index contributed by atoms with van der Waals surface area (Å²) in [7, 11) is -3.53. The number of aromatic nitrogens is 1. The van der Waals surface area contributed by atoms with Crippen molar-refractivity contribution in [3.05, 3.63) is 18.5 Å². The van der Waals surface area contributed by atoms with Crippen molar-refractivity contribution in [1.29, 1.82) is 0 Å². The van der Waals surface area contributed by atoms with Crippen molar-refractivity contribution < 1.29 is 8.42 Å². The average Bonchev–Trinajstić information content (AvgIpc) is 2.75. The van der Waals surface area contributed by atoms with Crippen LogP contribution < -0.4 is 10.0 Å². The van der Waals surface area contributed by atoms with E-state index in [4.69, 9.17) is 0 Å². The van der Waals surface area contributed by atoms with Gasteiger partial charge in [-0.05, 0) is 37.2 Å². The van der Waals surface area contributed by atoms with Crippen LogP contribution in [0.25, 0.3) is 0 Å². The number of nitrogens with zero attached hydrogens (tertiary/aromatic N) is 1. The fraction of sp³-hybridized carbons (Fsp3) is 0.667. The van der Waals surface area contributed by atoms with Gasteiger partial charge in [0, 0.05) is 25.0 Å². The van der Waals surface area contributed by atoms with Crippen LogP contribution in [0, 0.1) is 5.41 Å². The molecule has 0 aliphatic heterocycles. The van der Waals surface area contributed by atoms with Crippen molar-refractivity contribution in [3.8, 4) is 0 Å². The van der Waals surface area contributed by atoms with E-state index in [0.29, 0.717) is 5.69 Å². The summed E-state index contributed by atoms with van der Waals surface area (Å²) >= 11 is 0. The molecule has 0 bridgehead atoms. The van der Waals surface area contributed by atoms with Gasteiger partial charge in [0.05, 0.1) is 5.69 Å². The van der Waals surface area contributed by atoms with Gasteiger partial charge in [0.25, 0.3) is 0 Å². The Balaban J connectivity index is 2.16. The zero-order valence-electron chi connectivity index (χ0n) is 13.0. The van der Waals surface area contributed by atoms with Crippen LogP contribution in [0.4, 0.5) is 5.69 Å². The highest BCUT2D eigenvalue weighted by molar-refractivity contribution is 7.89. The summed E-state index contributed by atoms with van der Waals surface area (Å²) in [5.41, 5.74) is 0.836. The molecule has 0 spiro atoms. The first-order valence-corrected chi connectivity index (χ1v) is 9.02. The molecule has 1 aromatic rings. The van der Waals surface area contributed by atoms with Crippen molar-refractivity contribution in [2.75, 3.05) is 11.9 Å². The minimum Gasteiger partial charge on any atom is -0.384 e. The maximum atomic E-state index is 12.6. The maximum absolute atomic E-state index is 12.6. The van der Waals surface area contributed by atoms with E-state index in [9.17, 15) is 8.42 Å². The summed E-state index contributed by atoms with van der Waals surface area (Å²) in [6.07, 6.45) is 6.78. The van der Waals surface area contributed by atoms with Gasteiger partial charge >= 0.3 is 0 Å². The molecule has 5 nitrogen and oxygen atoms in total. The number of nitrogens with one attached hydrogen (secondary N) is 2. The Morgan fingerprint density at radius 3 is 2.81 bits per heavy atom. The van der Waals surface area contributed by atoms with E-state index in [2.05, 4.69) is 28.9 Å². The molecular formula is C15H25N3O2S. The first-order valence-electron chi connectivity index (χ1n) is 7.54. The third-order valence-corrected chi connectivity index (χ3v) is 5.48. The zero-order chi connectivity index (χ0) is 15.5. The second-order valence-corrected chi connectivity index (χ2v) is 8.21. The molecule has 0 saturated heterocycles. The number of pyridine rings is 1. The summed E-state index contributed by atoms with van der Waals surface area (Å²) in [6.45, 7) is 7.14. The standard InChI is InChI=1S/C15H25N3O2S/c1-4-8-17-13-6-9-16-11-14(13)21(19,20)18-12-5-7-15(2,3)10-12/h6,9,11-12,18H,4-5,7-8,10H2,1-3H3,(H,16,17). The molecule has 0 aromatic carbocycles. The molecule has 2 rings (SSSR count). The smallest absolute Gasteiger partial charge is 0.244 e. The Bertz CT molecular complexity index is 584. The minimum absolute atomic E-state index is 0.0178. The van der Waals surface area contributed by atoms with Crippen LogP contribution in [-0.2, 0) is 10.0 Å². The molecule has 1 atom stereocenters. The number of hydrogen-bond donors (Lipinski definition) is 2. The monoisotopic (exact) mass is 311 g/mol. The lowest BCUT2D eigenvalue weighted by atomic mass is 9.92. The van der Waals surface area contributed by atoms with Gasteiger partial charge in [-0.1, -0.05) is 20.8 Å². The molecule has 0 amide bonds. The SMILES string of the molecule is CCCNc1ccncc1S(=O)(=O)NC1CCC(C)(C)C1. The Morgan fingerprint density at radius 1 is 1.43 bits per heavy atom. The van der Waals surface area contributed by atoms with E-state index in [-0.39, 0.29) is 16.4 Å². The zero-order valence-corrected chi connectivity index (χ0v) is 13.8. The van der Waals surface area contributed by atoms with Crippen LogP contribution in [0.5, 0.6) is 0 Å². The highest BCUT2D eigenvalue weighted by atomic mass is 32.2. The third-order valence-electron chi connectivity index (χ3n) is 3.93. The molecule has 0 radical (unpaired) electrons. The van der Waals surface area contributed by atoms with Gasteiger partial charge in [-0.2, -0.15) is 0 Å². The minimum atomic E-state index is -3.53. The van der Waals surface area contributed by atoms with E-state index < -0.39 is 10.0 Å². The molecular weight excluding hydrogens is 286 g/mol. The molecule has 1 aliphatic carbocycles. The lowest BCUT2D eigenvalue weighted by Gasteiger charge is -2.18.